The van der Waals surface area contributed by atoms with Gasteiger partial charge in [-0.15, -0.1) is 0 Å². The summed E-state index contributed by atoms with van der Waals surface area (Å²) < 4.78 is 5.13. The predicted octanol–water partition coefficient (Wildman–Crippen LogP) is 3.83. The van der Waals surface area contributed by atoms with Crippen molar-refractivity contribution in [2.24, 2.45) is 5.92 Å². The van der Waals surface area contributed by atoms with Crippen LogP contribution in [-0.4, -0.2) is 35.5 Å². The second-order valence-corrected chi connectivity index (χ2v) is 6.22. The number of carbonyl (C=O) groups excluding carboxylic acids is 1. The fourth-order valence-electron chi connectivity index (χ4n) is 2.54. The van der Waals surface area contributed by atoms with Gasteiger partial charge in [-0.3, -0.25) is 4.79 Å². The first kappa shape index (κ1) is 21.4. The van der Waals surface area contributed by atoms with E-state index in [-0.39, 0.29) is 25.1 Å². The number of aliphatic hydroxyl groups excluding tert-OH is 2. The van der Waals surface area contributed by atoms with Crippen LogP contribution in [0, 0.1) is 5.92 Å². The molecule has 0 bridgehead atoms. The molecule has 4 nitrogen and oxygen atoms in total. The minimum absolute atomic E-state index is 0.0522. The molecule has 22 heavy (non-hydrogen) atoms. The van der Waals surface area contributed by atoms with Crippen LogP contribution in [0.5, 0.6) is 0 Å². The zero-order valence-electron chi connectivity index (χ0n) is 14.6. The van der Waals surface area contributed by atoms with Crippen molar-refractivity contribution < 1.29 is 19.7 Å². The van der Waals surface area contributed by atoms with Crippen molar-refractivity contribution in [3.05, 3.63) is 0 Å². The minimum atomic E-state index is -0.964. The lowest BCUT2D eigenvalue weighted by atomic mass is 9.94. The Balaban J connectivity index is 4.04. The quantitative estimate of drug-likeness (QED) is 0.356. The molecular weight excluding hydrogens is 280 g/mol. The Morgan fingerprint density at radius 1 is 0.909 bits per heavy atom. The van der Waals surface area contributed by atoms with Gasteiger partial charge in [0.25, 0.3) is 0 Å². The Hall–Kier alpha value is -0.610. The normalized spacial score (nSPS) is 13.8. The van der Waals surface area contributed by atoms with E-state index in [9.17, 15) is 9.90 Å². The van der Waals surface area contributed by atoms with Gasteiger partial charge in [-0.2, -0.15) is 0 Å². The number of aliphatic hydroxyl groups is 2. The Bertz CT molecular complexity index is 255. The maximum absolute atomic E-state index is 12.1. The second-order valence-electron chi connectivity index (χ2n) is 6.22. The van der Waals surface area contributed by atoms with E-state index in [1.807, 2.05) is 0 Å². The van der Waals surface area contributed by atoms with Crippen LogP contribution in [0.1, 0.15) is 84.5 Å². The molecule has 2 N–H and O–H groups in total. The standard InChI is InChI=1S/C18H36O4/c1-3-5-7-8-9-11-13-16(12-10-6-4-2)18(21)22-15-17(20)14-19/h16-17,19-20H,3-15H2,1-2H3. The second kappa shape index (κ2) is 15.3. The van der Waals surface area contributed by atoms with Gasteiger partial charge < -0.3 is 14.9 Å². The van der Waals surface area contributed by atoms with Gasteiger partial charge in [0.05, 0.1) is 12.5 Å². The highest BCUT2D eigenvalue weighted by molar-refractivity contribution is 5.72. The molecule has 0 spiro atoms. The first-order chi connectivity index (χ1) is 10.7. The van der Waals surface area contributed by atoms with Crippen molar-refractivity contribution >= 4 is 5.97 Å². The van der Waals surface area contributed by atoms with E-state index in [1.54, 1.807) is 0 Å². The number of ether oxygens (including phenoxy) is 1. The SMILES string of the molecule is CCCCCCCCC(CCCCC)C(=O)OCC(O)CO. The highest BCUT2D eigenvalue weighted by Gasteiger charge is 2.20. The average Bonchev–Trinajstić information content (AvgIpc) is 2.53. The van der Waals surface area contributed by atoms with E-state index in [4.69, 9.17) is 9.84 Å². The Labute approximate surface area is 136 Å². The van der Waals surface area contributed by atoms with Gasteiger partial charge in [-0.1, -0.05) is 71.6 Å². The summed E-state index contributed by atoms with van der Waals surface area (Å²) in [5, 5.41) is 18.0. The Morgan fingerprint density at radius 2 is 1.41 bits per heavy atom. The molecule has 132 valence electrons. The molecule has 0 amide bonds. The van der Waals surface area contributed by atoms with Gasteiger partial charge in [-0.25, -0.2) is 0 Å². The predicted molar refractivity (Wildman–Crippen MR) is 89.7 cm³/mol. The first-order valence-corrected chi connectivity index (χ1v) is 9.11. The number of unbranched alkanes of at least 4 members (excludes halogenated alkanes) is 7. The van der Waals surface area contributed by atoms with Gasteiger partial charge in [-0.05, 0) is 12.8 Å². The maximum atomic E-state index is 12.1. The minimum Gasteiger partial charge on any atom is -0.463 e. The van der Waals surface area contributed by atoms with E-state index in [1.165, 1.54) is 32.1 Å². The monoisotopic (exact) mass is 316 g/mol. The molecule has 0 aromatic rings. The molecule has 4 heteroatoms. The third-order valence-corrected chi connectivity index (χ3v) is 4.02. The molecule has 0 rings (SSSR count). The van der Waals surface area contributed by atoms with E-state index in [2.05, 4.69) is 13.8 Å². The largest absolute Gasteiger partial charge is 0.463 e. The summed E-state index contributed by atoms with van der Waals surface area (Å²) in [6, 6.07) is 0. The lowest BCUT2D eigenvalue weighted by molar-refractivity contribution is -0.152. The lowest BCUT2D eigenvalue weighted by Gasteiger charge is -2.17. The molecule has 0 aromatic heterocycles. The number of hydrogen-bond acceptors (Lipinski definition) is 4. The molecule has 0 aliphatic rings. The van der Waals surface area contributed by atoms with Crippen LogP contribution in [0.2, 0.25) is 0 Å². The van der Waals surface area contributed by atoms with Gasteiger partial charge in [0.15, 0.2) is 0 Å². The number of esters is 1. The van der Waals surface area contributed by atoms with Crippen molar-refractivity contribution in [2.45, 2.75) is 90.6 Å². The van der Waals surface area contributed by atoms with Crippen LogP contribution in [0.4, 0.5) is 0 Å². The van der Waals surface area contributed by atoms with Crippen LogP contribution in [0.25, 0.3) is 0 Å². The maximum Gasteiger partial charge on any atom is 0.309 e. The highest BCUT2D eigenvalue weighted by atomic mass is 16.5. The molecule has 2 atom stereocenters. The Morgan fingerprint density at radius 3 is 2.00 bits per heavy atom. The van der Waals surface area contributed by atoms with Crippen LogP contribution >= 0.6 is 0 Å². The fraction of sp³-hybridized carbons (Fsp3) is 0.944. The van der Waals surface area contributed by atoms with Gasteiger partial charge in [0.2, 0.25) is 0 Å². The molecule has 0 fully saturated rings. The zero-order valence-corrected chi connectivity index (χ0v) is 14.6. The fourth-order valence-corrected chi connectivity index (χ4v) is 2.54. The third kappa shape index (κ3) is 12.0. The molecule has 0 radical (unpaired) electrons. The smallest absolute Gasteiger partial charge is 0.309 e. The molecular formula is C18H36O4. The molecule has 0 aliphatic heterocycles. The average molecular weight is 316 g/mol. The summed E-state index contributed by atoms with van der Waals surface area (Å²) in [6.45, 7) is 3.89. The summed E-state index contributed by atoms with van der Waals surface area (Å²) in [6.07, 6.45) is 11.4. The topological polar surface area (TPSA) is 66.8 Å². The van der Waals surface area contributed by atoms with E-state index >= 15 is 0 Å². The summed E-state index contributed by atoms with van der Waals surface area (Å²) in [4.78, 5) is 12.1. The van der Waals surface area contributed by atoms with Crippen molar-refractivity contribution in [3.63, 3.8) is 0 Å². The number of rotatable bonds is 15. The van der Waals surface area contributed by atoms with Crippen LogP contribution in [0.15, 0.2) is 0 Å². The summed E-state index contributed by atoms with van der Waals surface area (Å²) in [5.41, 5.74) is 0. The van der Waals surface area contributed by atoms with Crippen molar-refractivity contribution in [1.82, 2.24) is 0 Å². The van der Waals surface area contributed by atoms with Gasteiger partial charge in [0, 0.05) is 0 Å². The molecule has 0 saturated heterocycles. The molecule has 0 aromatic carbocycles. The van der Waals surface area contributed by atoms with E-state index in [0.29, 0.717) is 0 Å². The Kier molecular flexibility index (Phi) is 14.9. The van der Waals surface area contributed by atoms with Crippen LogP contribution in [0.3, 0.4) is 0 Å². The molecule has 0 saturated carbocycles. The van der Waals surface area contributed by atoms with Crippen molar-refractivity contribution in [2.75, 3.05) is 13.2 Å². The van der Waals surface area contributed by atoms with Crippen molar-refractivity contribution in [3.8, 4) is 0 Å². The number of carbonyl (C=O) groups is 1. The summed E-state index contributed by atoms with van der Waals surface area (Å²) >= 11 is 0. The van der Waals surface area contributed by atoms with Gasteiger partial charge in [0.1, 0.15) is 12.7 Å². The summed E-state index contributed by atoms with van der Waals surface area (Å²) in [7, 11) is 0. The first-order valence-electron chi connectivity index (χ1n) is 9.11. The van der Waals surface area contributed by atoms with E-state index < -0.39 is 6.10 Å². The molecule has 2 unspecified atom stereocenters. The number of hydrogen-bond donors (Lipinski definition) is 2. The van der Waals surface area contributed by atoms with E-state index in [0.717, 1.165) is 38.5 Å². The molecule has 0 aliphatic carbocycles. The van der Waals surface area contributed by atoms with Gasteiger partial charge >= 0.3 is 5.97 Å². The van der Waals surface area contributed by atoms with Crippen LogP contribution < -0.4 is 0 Å². The molecule has 0 heterocycles. The lowest BCUT2D eigenvalue weighted by Crippen LogP contribution is -2.25. The van der Waals surface area contributed by atoms with Crippen molar-refractivity contribution in [1.29, 1.82) is 0 Å². The van der Waals surface area contributed by atoms with Crippen LogP contribution in [-0.2, 0) is 9.53 Å². The highest BCUT2D eigenvalue weighted by Crippen LogP contribution is 2.20. The zero-order chi connectivity index (χ0) is 16.6. The third-order valence-electron chi connectivity index (χ3n) is 4.02. The summed E-state index contributed by atoms with van der Waals surface area (Å²) in [5.74, 6) is -0.263.